The van der Waals surface area contributed by atoms with Gasteiger partial charge >= 0.3 is 0 Å². The van der Waals surface area contributed by atoms with Gasteiger partial charge in [-0.2, -0.15) is 0 Å². The normalized spacial score (nSPS) is 21.5. The van der Waals surface area contributed by atoms with E-state index in [2.05, 4.69) is 24.4 Å². The number of anilines is 1. The molecule has 0 aliphatic heterocycles. The molecular formula is C15H22N2. The van der Waals surface area contributed by atoms with E-state index in [-0.39, 0.29) is 0 Å². The minimum atomic E-state index is 0.574. The van der Waals surface area contributed by atoms with Crippen LogP contribution in [0.2, 0.25) is 0 Å². The smallest absolute Gasteiger partial charge is 0.126 e. The molecule has 1 unspecified atom stereocenters. The molecule has 0 spiro atoms. The first-order valence-corrected chi connectivity index (χ1v) is 7.08. The van der Waals surface area contributed by atoms with E-state index in [0.717, 1.165) is 11.7 Å². The Kier molecular flexibility index (Phi) is 3.04. The fourth-order valence-corrected chi connectivity index (χ4v) is 3.31. The molecule has 1 fully saturated rings. The van der Waals surface area contributed by atoms with Gasteiger partial charge in [-0.15, -0.1) is 0 Å². The monoisotopic (exact) mass is 230 g/mol. The molecule has 92 valence electrons. The first-order valence-electron chi connectivity index (χ1n) is 7.08. The third kappa shape index (κ3) is 2.31. The summed E-state index contributed by atoms with van der Waals surface area (Å²) >= 11 is 0. The summed E-state index contributed by atoms with van der Waals surface area (Å²) in [6.45, 7) is 2.31. The molecule has 1 aromatic rings. The zero-order valence-corrected chi connectivity index (χ0v) is 10.7. The van der Waals surface area contributed by atoms with Crippen molar-refractivity contribution in [2.45, 2.75) is 57.9 Å². The van der Waals surface area contributed by atoms with Crippen molar-refractivity contribution >= 4 is 5.82 Å². The van der Waals surface area contributed by atoms with E-state index in [4.69, 9.17) is 4.98 Å². The number of aromatic nitrogens is 1. The van der Waals surface area contributed by atoms with E-state index in [1.165, 1.54) is 56.2 Å². The molecule has 0 saturated heterocycles. The molecule has 3 rings (SSSR count). The van der Waals surface area contributed by atoms with Gasteiger partial charge in [0.2, 0.25) is 0 Å². The Morgan fingerprint density at radius 1 is 1.18 bits per heavy atom. The molecule has 2 heteroatoms. The van der Waals surface area contributed by atoms with Crippen molar-refractivity contribution in [2.75, 3.05) is 5.32 Å². The second kappa shape index (κ2) is 4.67. The first kappa shape index (κ1) is 11.1. The Morgan fingerprint density at radius 3 is 2.82 bits per heavy atom. The predicted molar refractivity (Wildman–Crippen MR) is 71.3 cm³/mol. The number of hydrogen-bond donors (Lipinski definition) is 1. The van der Waals surface area contributed by atoms with Gasteiger partial charge in [-0.3, -0.25) is 0 Å². The van der Waals surface area contributed by atoms with E-state index in [1.54, 1.807) is 0 Å². The molecule has 17 heavy (non-hydrogen) atoms. The summed E-state index contributed by atoms with van der Waals surface area (Å²) in [6.07, 6.45) is 9.27. The van der Waals surface area contributed by atoms with Gasteiger partial charge in [-0.1, -0.05) is 18.9 Å². The Bertz CT molecular complexity index is 394. The fraction of sp³-hybridized carbons (Fsp3) is 0.667. The van der Waals surface area contributed by atoms with Crippen LogP contribution in [0.25, 0.3) is 0 Å². The molecule has 1 saturated carbocycles. The van der Waals surface area contributed by atoms with Gasteiger partial charge in [-0.25, -0.2) is 4.98 Å². The van der Waals surface area contributed by atoms with Gasteiger partial charge in [0.05, 0.1) is 0 Å². The number of pyridine rings is 1. The summed E-state index contributed by atoms with van der Waals surface area (Å²) in [5.74, 6) is 1.94. The fourth-order valence-electron chi connectivity index (χ4n) is 3.31. The molecule has 1 heterocycles. The maximum Gasteiger partial charge on any atom is 0.126 e. The highest BCUT2D eigenvalue weighted by molar-refractivity contribution is 5.41. The lowest BCUT2D eigenvalue weighted by atomic mass is 10.00. The average Bonchev–Trinajstić information content (AvgIpc) is 2.99. The summed E-state index contributed by atoms with van der Waals surface area (Å²) in [4.78, 5) is 4.75. The van der Waals surface area contributed by atoms with Crippen LogP contribution < -0.4 is 5.32 Å². The quantitative estimate of drug-likeness (QED) is 0.858. The highest BCUT2D eigenvalue weighted by Crippen LogP contribution is 2.29. The highest BCUT2D eigenvalue weighted by Gasteiger charge is 2.22. The van der Waals surface area contributed by atoms with Gasteiger partial charge in [0, 0.05) is 11.7 Å². The van der Waals surface area contributed by atoms with Gasteiger partial charge in [0.1, 0.15) is 5.82 Å². The highest BCUT2D eigenvalue weighted by atomic mass is 15.0. The number of rotatable bonds is 3. The molecule has 0 amide bonds. The van der Waals surface area contributed by atoms with Crippen LogP contribution >= 0.6 is 0 Å². The van der Waals surface area contributed by atoms with E-state index < -0.39 is 0 Å². The third-order valence-electron chi connectivity index (χ3n) is 4.41. The van der Waals surface area contributed by atoms with E-state index >= 15 is 0 Å². The van der Waals surface area contributed by atoms with Crippen molar-refractivity contribution in [3.05, 3.63) is 23.4 Å². The van der Waals surface area contributed by atoms with Crippen LogP contribution in [-0.2, 0) is 12.8 Å². The minimum absolute atomic E-state index is 0.574. The zero-order valence-electron chi connectivity index (χ0n) is 10.7. The minimum Gasteiger partial charge on any atom is -0.367 e. The SMILES string of the molecule is CC(Nc1ccc2c(n1)CCC2)C1CCCC1. The summed E-state index contributed by atoms with van der Waals surface area (Å²) in [6, 6.07) is 5.00. The van der Waals surface area contributed by atoms with Crippen LogP contribution in [0, 0.1) is 5.92 Å². The third-order valence-corrected chi connectivity index (χ3v) is 4.41. The molecule has 0 bridgehead atoms. The molecule has 2 aliphatic rings. The van der Waals surface area contributed by atoms with E-state index in [0.29, 0.717) is 6.04 Å². The van der Waals surface area contributed by atoms with Crippen molar-refractivity contribution in [3.63, 3.8) is 0 Å². The standard InChI is InChI=1S/C15H22N2/c1-11(12-5-2-3-6-12)16-15-10-9-13-7-4-8-14(13)17-15/h9-12H,2-8H2,1H3,(H,16,17). The van der Waals surface area contributed by atoms with Crippen molar-refractivity contribution in [3.8, 4) is 0 Å². The van der Waals surface area contributed by atoms with E-state index in [1.807, 2.05) is 0 Å². The van der Waals surface area contributed by atoms with Crippen molar-refractivity contribution in [1.29, 1.82) is 0 Å². The Balaban J connectivity index is 1.68. The van der Waals surface area contributed by atoms with Crippen LogP contribution in [0.5, 0.6) is 0 Å². The lowest BCUT2D eigenvalue weighted by Gasteiger charge is -2.21. The number of nitrogens with zero attached hydrogens (tertiary/aromatic N) is 1. The molecule has 1 atom stereocenters. The Hall–Kier alpha value is -1.05. The summed E-state index contributed by atoms with van der Waals surface area (Å²) in [5.41, 5.74) is 2.79. The number of aryl methyl sites for hydroxylation is 2. The Morgan fingerprint density at radius 2 is 2.00 bits per heavy atom. The lowest BCUT2D eigenvalue weighted by Crippen LogP contribution is -2.24. The van der Waals surface area contributed by atoms with Crippen LogP contribution in [-0.4, -0.2) is 11.0 Å². The maximum absolute atomic E-state index is 4.75. The summed E-state index contributed by atoms with van der Waals surface area (Å²) in [5, 5.41) is 3.60. The van der Waals surface area contributed by atoms with Crippen molar-refractivity contribution in [2.24, 2.45) is 5.92 Å². The largest absolute Gasteiger partial charge is 0.367 e. The van der Waals surface area contributed by atoms with Gasteiger partial charge in [-0.05, 0) is 56.6 Å². The average molecular weight is 230 g/mol. The van der Waals surface area contributed by atoms with Crippen LogP contribution in [0.3, 0.4) is 0 Å². The maximum atomic E-state index is 4.75. The van der Waals surface area contributed by atoms with Gasteiger partial charge in [0.15, 0.2) is 0 Å². The Labute approximate surface area is 104 Å². The molecular weight excluding hydrogens is 208 g/mol. The second-order valence-corrected chi connectivity index (χ2v) is 5.63. The van der Waals surface area contributed by atoms with Crippen molar-refractivity contribution < 1.29 is 0 Å². The lowest BCUT2D eigenvalue weighted by molar-refractivity contribution is 0.481. The number of hydrogen-bond acceptors (Lipinski definition) is 2. The number of fused-ring (bicyclic) bond motifs is 1. The second-order valence-electron chi connectivity index (χ2n) is 5.63. The van der Waals surface area contributed by atoms with Crippen LogP contribution in [0.1, 0.15) is 50.3 Å². The van der Waals surface area contributed by atoms with Crippen LogP contribution in [0.4, 0.5) is 5.82 Å². The van der Waals surface area contributed by atoms with Gasteiger partial charge < -0.3 is 5.32 Å². The predicted octanol–water partition coefficient (Wildman–Crippen LogP) is 3.56. The first-order chi connectivity index (χ1) is 8.33. The van der Waals surface area contributed by atoms with E-state index in [9.17, 15) is 0 Å². The molecule has 2 nitrogen and oxygen atoms in total. The van der Waals surface area contributed by atoms with Gasteiger partial charge in [0.25, 0.3) is 0 Å². The summed E-state index contributed by atoms with van der Waals surface area (Å²) in [7, 11) is 0. The topological polar surface area (TPSA) is 24.9 Å². The molecule has 1 N–H and O–H groups in total. The molecule has 1 aromatic heterocycles. The van der Waals surface area contributed by atoms with Crippen molar-refractivity contribution in [1.82, 2.24) is 4.98 Å². The summed E-state index contributed by atoms with van der Waals surface area (Å²) < 4.78 is 0. The molecule has 0 aromatic carbocycles. The van der Waals surface area contributed by atoms with Crippen LogP contribution in [0.15, 0.2) is 12.1 Å². The zero-order chi connectivity index (χ0) is 11.7. The number of nitrogens with one attached hydrogen (secondary N) is 1. The molecule has 2 aliphatic carbocycles. The molecule has 0 radical (unpaired) electrons.